The molecule has 11 heteroatoms. The largest absolute Gasteiger partial charge is 0.376 e. The van der Waals surface area contributed by atoms with Gasteiger partial charge in [0.25, 0.3) is 11.8 Å². The van der Waals surface area contributed by atoms with Crippen LogP contribution in [-0.2, 0) is 19.6 Å². The highest BCUT2D eigenvalue weighted by atomic mass is 32.2. The summed E-state index contributed by atoms with van der Waals surface area (Å²) in [5, 5.41) is 6.38. The van der Waals surface area contributed by atoms with Crippen LogP contribution < -0.4 is 16.1 Å². The number of urea groups is 1. The van der Waals surface area contributed by atoms with E-state index in [1.54, 1.807) is 18.2 Å². The van der Waals surface area contributed by atoms with Gasteiger partial charge >= 0.3 is 6.03 Å². The third-order valence-electron chi connectivity index (χ3n) is 6.60. The second-order valence-electron chi connectivity index (χ2n) is 8.95. The van der Waals surface area contributed by atoms with Crippen molar-refractivity contribution in [3.8, 4) is 0 Å². The molecule has 3 aliphatic rings. The summed E-state index contributed by atoms with van der Waals surface area (Å²) in [5.74, 6) is -1.00. The molecule has 1 aromatic carbocycles. The minimum absolute atomic E-state index is 0.170. The number of nitrogens with zero attached hydrogens (tertiary/aromatic N) is 2. The van der Waals surface area contributed by atoms with E-state index in [9.17, 15) is 22.8 Å². The molecule has 0 bridgehead atoms. The van der Waals surface area contributed by atoms with E-state index in [1.807, 2.05) is 0 Å². The second kappa shape index (κ2) is 9.68. The number of imide groups is 1. The van der Waals surface area contributed by atoms with Gasteiger partial charge in [-0.2, -0.15) is 9.31 Å². The lowest BCUT2D eigenvalue weighted by atomic mass is 9.82. The fourth-order valence-electron chi connectivity index (χ4n) is 4.76. The number of anilines is 1. The first kappa shape index (κ1) is 23.5. The van der Waals surface area contributed by atoms with Gasteiger partial charge in [-0.1, -0.05) is 38.2 Å². The van der Waals surface area contributed by atoms with Crippen molar-refractivity contribution < 1.29 is 22.8 Å². The Hall–Kier alpha value is -2.66. The van der Waals surface area contributed by atoms with Gasteiger partial charge in [0.05, 0.1) is 11.4 Å². The van der Waals surface area contributed by atoms with E-state index >= 15 is 0 Å². The molecule has 33 heavy (non-hydrogen) atoms. The summed E-state index contributed by atoms with van der Waals surface area (Å²) in [6, 6.07) is 5.70. The van der Waals surface area contributed by atoms with Gasteiger partial charge in [0.2, 0.25) is 10.0 Å². The Morgan fingerprint density at radius 1 is 1.00 bits per heavy atom. The van der Waals surface area contributed by atoms with Gasteiger partial charge < -0.3 is 10.6 Å². The number of amides is 4. The van der Waals surface area contributed by atoms with Gasteiger partial charge in [0.15, 0.2) is 0 Å². The number of hydrazine groups is 1. The lowest BCUT2D eigenvalue weighted by Gasteiger charge is -2.30. The van der Waals surface area contributed by atoms with E-state index in [4.69, 9.17) is 0 Å². The summed E-state index contributed by atoms with van der Waals surface area (Å²) in [4.78, 5) is 37.7. The Balaban J connectivity index is 1.36. The molecule has 1 spiro atoms. The van der Waals surface area contributed by atoms with Crippen molar-refractivity contribution in [1.82, 2.24) is 20.1 Å². The van der Waals surface area contributed by atoms with Crippen LogP contribution in [-0.4, -0.2) is 60.8 Å². The van der Waals surface area contributed by atoms with E-state index in [0.29, 0.717) is 31.6 Å². The van der Waals surface area contributed by atoms with Gasteiger partial charge in [-0.15, -0.1) is 0 Å². The fourth-order valence-corrected chi connectivity index (χ4v) is 6.32. The quantitative estimate of drug-likeness (QED) is 0.538. The number of carbonyl (C=O) groups is 3. The molecule has 0 unspecified atom stereocenters. The molecule has 0 radical (unpaired) electrons. The molecule has 0 atom stereocenters. The highest BCUT2D eigenvalue weighted by Gasteiger charge is 2.52. The molecule has 2 heterocycles. The van der Waals surface area contributed by atoms with Crippen molar-refractivity contribution in [1.29, 1.82) is 0 Å². The maximum Gasteiger partial charge on any atom is 0.344 e. The summed E-state index contributed by atoms with van der Waals surface area (Å²) in [6.07, 6.45) is 7.62. The monoisotopic (exact) mass is 477 g/mol. The second-order valence-corrected chi connectivity index (χ2v) is 10.9. The van der Waals surface area contributed by atoms with Crippen LogP contribution in [0.3, 0.4) is 0 Å². The average Bonchev–Trinajstić information content (AvgIpc) is 3.02. The zero-order valence-electron chi connectivity index (χ0n) is 18.6. The summed E-state index contributed by atoms with van der Waals surface area (Å²) >= 11 is 0. The summed E-state index contributed by atoms with van der Waals surface area (Å²) < 4.78 is 27.5. The number of benzene rings is 1. The maximum atomic E-state index is 13.0. The Bertz CT molecular complexity index is 1010. The van der Waals surface area contributed by atoms with E-state index < -0.39 is 33.4 Å². The van der Waals surface area contributed by atoms with Crippen molar-refractivity contribution in [3.05, 3.63) is 24.3 Å². The maximum absolute atomic E-state index is 13.0. The normalized spacial score (nSPS) is 21.5. The van der Waals surface area contributed by atoms with E-state index in [0.717, 1.165) is 50.0 Å². The molecule has 0 aromatic heterocycles. The Labute approximate surface area is 194 Å². The van der Waals surface area contributed by atoms with E-state index in [2.05, 4.69) is 16.1 Å². The number of hydrogen-bond donors (Lipinski definition) is 3. The van der Waals surface area contributed by atoms with Crippen molar-refractivity contribution in [3.63, 3.8) is 0 Å². The smallest absolute Gasteiger partial charge is 0.344 e. The van der Waals surface area contributed by atoms with E-state index in [-0.39, 0.29) is 11.4 Å². The van der Waals surface area contributed by atoms with Crippen molar-refractivity contribution in [2.75, 3.05) is 25.0 Å². The molecular weight excluding hydrogens is 446 g/mol. The SMILES string of the molecule is O=C(CNc1cccc(S(=O)(=O)N2CCCCCC2)c1)NN1C(=O)NC2(CCCCC2)C1=O. The van der Waals surface area contributed by atoms with Crippen molar-refractivity contribution in [2.45, 2.75) is 68.2 Å². The predicted octanol–water partition coefficient (Wildman–Crippen LogP) is 1.95. The van der Waals surface area contributed by atoms with Gasteiger partial charge in [-0.05, 0) is 43.9 Å². The van der Waals surface area contributed by atoms with Gasteiger partial charge in [-0.3, -0.25) is 15.0 Å². The molecule has 3 fully saturated rings. The lowest BCUT2D eigenvalue weighted by molar-refractivity contribution is -0.139. The Kier molecular flexibility index (Phi) is 6.89. The van der Waals surface area contributed by atoms with E-state index in [1.165, 1.54) is 10.4 Å². The third-order valence-corrected chi connectivity index (χ3v) is 8.49. The van der Waals surface area contributed by atoms with Crippen LogP contribution in [0, 0.1) is 0 Å². The number of nitrogens with one attached hydrogen (secondary N) is 3. The number of rotatable bonds is 6. The number of sulfonamides is 1. The number of carbonyl (C=O) groups excluding carboxylic acids is 3. The molecule has 180 valence electrons. The van der Waals surface area contributed by atoms with Gasteiger partial charge in [0.1, 0.15) is 5.54 Å². The zero-order valence-corrected chi connectivity index (χ0v) is 19.5. The molecule has 4 rings (SSSR count). The lowest BCUT2D eigenvalue weighted by Crippen LogP contribution is -2.51. The van der Waals surface area contributed by atoms with Crippen LogP contribution in [0.5, 0.6) is 0 Å². The average molecular weight is 478 g/mol. The molecule has 1 saturated carbocycles. The van der Waals surface area contributed by atoms with Crippen LogP contribution in [0.25, 0.3) is 0 Å². The molecule has 2 aliphatic heterocycles. The molecule has 10 nitrogen and oxygen atoms in total. The summed E-state index contributed by atoms with van der Waals surface area (Å²) in [5.41, 5.74) is 1.92. The van der Waals surface area contributed by atoms with Crippen LogP contribution in [0.15, 0.2) is 29.2 Å². The van der Waals surface area contributed by atoms with Crippen LogP contribution >= 0.6 is 0 Å². The topological polar surface area (TPSA) is 128 Å². The molecular formula is C22H31N5O5S. The highest BCUT2D eigenvalue weighted by molar-refractivity contribution is 7.89. The minimum atomic E-state index is -3.61. The van der Waals surface area contributed by atoms with Crippen LogP contribution in [0.4, 0.5) is 10.5 Å². The minimum Gasteiger partial charge on any atom is -0.376 e. The Morgan fingerprint density at radius 3 is 2.36 bits per heavy atom. The number of hydrogen-bond acceptors (Lipinski definition) is 6. The van der Waals surface area contributed by atoms with Crippen LogP contribution in [0.2, 0.25) is 0 Å². The summed E-state index contributed by atoms with van der Waals surface area (Å²) in [7, 11) is -3.61. The fraction of sp³-hybridized carbons (Fsp3) is 0.591. The van der Waals surface area contributed by atoms with Crippen LogP contribution in [0.1, 0.15) is 57.8 Å². The highest BCUT2D eigenvalue weighted by Crippen LogP contribution is 2.33. The molecule has 1 aliphatic carbocycles. The first-order chi connectivity index (χ1) is 15.8. The molecule has 1 aromatic rings. The van der Waals surface area contributed by atoms with Crippen molar-refractivity contribution in [2.24, 2.45) is 0 Å². The first-order valence-electron chi connectivity index (χ1n) is 11.6. The molecule has 2 saturated heterocycles. The third kappa shape index (κ3) is 4.98. The predicted molar refractivity (Wildman–Crippen MR) is 121 cm³/mol. The summed E-state index contributed by atoms with van der Waals surface area (Å²) in [6.45, 7) is 0.795. The zero-order chi connectivity index (χ0) is 23.5. The molecule has 4 amide bonds. The first-order valence-corrected chi connectivity index (χ1v) is 13.1. The van der Waals surface area contributed by atoms with Gasteiger partial charge in [-0.25, -0.2) is 13.2 Å². The van der Waals surface area contributed by atoms with Crippen molar-refractivity contribution >= 4 is 33.6 Å². The standard InChI is InChI=1S/C22H31N5O5S/c28-19(25-27-20(29)22(24-21(27)30)11-4-3-5-12-22)16-23-17-9-8-10-18(15-17)33(31,32)26-13-6-1-2-7-14-26/h8-10,15,23H,1-7,11-14,16H2,(H,24,30)(H,25,28). The van der Waals surface area contributed by atoms with Gasteiger partial charge in [0, 0.05) is 18.8 Å². The molecule has 3 N–H and O–H groups in total. The Morgan fingerprint density at radius 2 is 1.67 bits per heavy atom.